The number of carbonyl (C=O) groups excluding carboxylic acids is 2. The summed E-state index contributed by atoms with van der Waals surface area (Å²) in [6, 6.07) is 1.14. The molecule has 1 atom stereocenters. The fraction of sp³-hybridized carbons (Fsp3) is 0.571. The summed E-state index contributed by atoms with van der Waals surface area (Å²) >= 11 is 0. The normalized spacial score (nSPS) is 13.9. The zero-order valence-electron chi connectivity index (χ0n) is 24.6. The second-order valence-electron chi connectivity index (χ2n) is 10.8. The maximum Gasteiger partial charge on any atom is 0.333 e. The van der Waals surface area contributed by atoms with Gasteiger partial charge < -0.3 is 23.8 Å². The zero-order chi connectivity index (χ0) is 30.4. The lowest BCUT2D eigenvalue weighted by Crippen LogP contribution is -2.47. The molecule has 0 aliphatic carbocycles. The van der Waals surface area contributed by atoms with Gasteiger partial charge in [0.1, 0.15) is 0 Å². The summed E-state index contributed by atoms with van der Waals surface area (Å²) in [5, 5.41) is 19.6. The number of carboxylic acid groups (broad SMARTS) is 2. The Kier molecular flexibility index (Phi) is 15.8. The van der Waals surface area contributed by atoms with E-state index in [-0.39, 0.29) is 30.3 Å². The molecule has 1 unspecified atom stereocenters. The second kappa shape index (κ2) is 17.0. The predicted octanol–water partition coefficient (Wildman–Crippen LogP) is 5.73. The quantitative estimate of drug-likeness (QED) is 0.0846. The molecule has 0 saturated heterocycles. The molecule has 0 radical (unpaired) electrons. The molecule has 0 amide bonds. The fourth-order valence-corrected chi connectivity index (χ4v) is 13.3. The Morgan fingerprint density at radius 2 is 1.23 bits per heavy atom. The molecule has 0 aliphatic rings. The van der Waals surface area contributed by atoms with Crippen molar-refractivity contribution in [2.75, 3.05) is 13.2 Å². The van der Waals surface area contributed by atoms with Gasteiger partial charge in [0, 0.05) is 22.3 Å². The van der Waals surface area contributed by atoms with Crippen LogP contribution in [0, 0.1) is 5.92 Å². The second-order valence-corrected chi connectivity index (χ2v) is 18.6. The van der Waals surface area contributed by atoms with Crippen LogP contribution in [-0.2, 0) is 32.8 Å². The predicted molar refractivity (Wildman–Crippen MR) is 156 cm³/mol. The molecule has 2 N–H and O–H groups in total. The van der Waals surface area contributed by atoms with E-state index in [1.165, 1.54) is 6.92 Å². The largest absolute Gasteiger partial charge is 0.478 e. The molecule has 39 heavy (non-hydrogen) atoms. The topological polar surface area (TPSA) is 136 Å². The van der Waals surface area contributed by atoms with Crippen LogP contribution < -0.4 is 0 Å². The van der Waals surface area contributed by atoms with Gasteiger partial charge in [0.2, 0.25) is 8.32 Å². The molecule has 0 saturated carbocycles. The van der Waals surface area contributed by atoms with Crippen molar-refractivity contribution in [3.8, 4) is 0 Å². The highest BCUT2D eigenvalue weighted by Gasteiger charge is 2.39. The van der Waals surface area contributed by atoms with Gasteiger partial charge in [-0.1, -0.05) is 44.8 Å². The Bertz CT molecular complexity index is 980. The number of ether oxygens (including phenoxy) is 2. The van der Waals surface area contributed by atoms with Gasteiger partial charge in [-0.25, -0.2) is 19.2 Å². The van der Waals surface area contributed by atoms with E-state index in [0.29, 0.717) is 42.5 Å². The van der Waals surface area contributed by atoms with Crippen LogP contribution in [-0.4, -0.2) is 63.9 Å². The number of esters is 2. The molecule has 0 aromatic carbocycles. The van der Waals surface area contributed by atoms with E-state index in [2.05, 4.69) is 13.2 Å². The first-order chi connectivity index (χ1) is 17.9. The highest BCUT2D eigenvalue weighted by atomic mass is 28.4. The minimum Gasteiger partial charge on any atom is -0.478 e. The van der Waals surface area contributed by atoms with Gasteiger partial charge >= 0.3 is 23.9 Å². The van der Waals surface area contributed by atoms with Crippen LogP contribution in [0.25, 0.3) is 0 Å². The van der Waals surface area contributed by atoms with Crippen LogP contribution in [0.3, 0.4) is 0 Å². The first kappa shape index (κ1) is 36.2. The van der Waals surface area contributed by atoms with E-state index in [1.54, 1.807) is 39.1 Å². The molecular formula is C28H46O9Si2. The number of hydrogen-bond donors (Lipinski definition) is 2. The minimum atomic E-state index is -3.22. The molecular weight excluding hydrogens is 536 g/mol. The van der Waals surface area contributed by atoms with Crippen LogP contribution in [0.5, 0.6) is 0 Å². The van der Waals surface area contributed by atoms with Gasteiger partial charge in [-0.2, -0.15) is 0 Å². The molecule has 9 nitrogen and oxygen atoms in total. The van der Waals surface area contributed by atoms with Crippen molar-refractivity contribution in [1.82, 2.24) is 0 Å². The standard InChI is InChI=1S/C28H46O9Si2/c1-20(2)24(26(31)32)19-39(18-23(7)25(29)30,17-13-11-15-36-28(34)22(5)6)37-38(8,9)16-12-10-14-35-27(33)21(3)4/h18-20H,3,5,10-17H2,1-2,4,6-9H3,(H,29,30)(H,31,32). The van der Waals surface area contributed by atoms with Crippen LogP contribution in [0.1, 0.15) is 60.3 Å². The molecule has 0 aromatic heterocycles. The van der Waals surface area contributed by atoms with Crippen molar-refractivity contribution in [2.24, 2.45) is 5.92 Å². The minimum absolute atomic E-state index is 0.0941. The van der Waals surface area contributed by atoms with Crippen molar-refractivity contribution in [3.05, 3.63) is 46.8 Å². The van der Waals surface area contributed by atoms with Crippen molar-refractivity contribution in [2.45, 2.75) is 85.5 Å². The molecule has 0 aliphatic heterocycles. The number of rotatable bonds is 19. The van der Waals surface area contributed by atoms with Crippen LogP contribution in [0.4, 0.5) is 0 Å². The van der Waals surface area contributed by atoms with Crippen LogP contribution in [0.15, 0.2) is 46.8 Å². The lowest BCUT2D eigenvalue weighted by atomic mass is 10.1. The highest BCUT2D eigenvalue weighted by Crippen LogP contribution is 2.30. The van der Waals surface area contributed by atoms with Crippen molar-refractivity contribution >= 4 is 40.5 Å². The van der Waals surface area contributed by atoms with Gasteiger partial charge in [-0.15, -0.1) is 0 Å². The van der Waals surface area contributed by atoms with E-state index < -0.39 is 40.5 Å². The van der Waals surface area contributed by atoms with E-state index >= 15 is 0 Å². The molecule has 0 bridgehead atoms. The molecule has 0 rings (SSSR count). The van der Waals surface area contributed by atoms with Gasteiger partial charge in [-0.05, 0) is 71.1 Å². The summed E-state index contributed by atoms with van der Waals surface area (Å²) in [6.07, 6.45) is 2.41. The molecule has 0 fully saturated rings. The lowest BCUT2D eigenvalue weighted by Gasteiger charge is -2.36. The van der Waals surface area contributed by atoms with Gasteiger partial charge in [0.15, 0.2) is 8.32 Å². The van der Waals surface area contributed by atoms with Crippen molar-refractivity contribution < 1.29 is 43.0 Å². The average molecular weight is 583 g/mol. The Balaban J connectivity index is 6.05. The number of hydrogen-bond acceptors (Lipinski definition) is 7. The van der Waals surface area contributed by atoms with Crippen molar-refractivity contribution in [3.63, 3.8) is 0 Å². The molecule has 0 aromatic rings. The van der Waals surface area contributed by atoms with E-state index in [1.807, 2.05) is 13.1 Å². The SMILES string of the molecule is C=C(C)C(=O)OCCCC[Si](C)(C)O[Si](C=C(C)C(=O)O)(C=C(C(=O)O)C(C)C)CCCCOC(=O)C(=C)C. The Labute approximate surface area is 234 Å². The molecule has 11 heteroatoms. The third kappa shape index (κ3) is 14.8. The van der Waals surface area contributed by atoms with Crippen LogP contribution in [0.2, 0.25) is 25.2 Å². The molecule has 220 valence electrons. The summed E-state index contributed by atoms with van der Waals surface area (Å²) in [5.41, 5.74) is 4.22. The van der Waals surface area contributed by atoms with Gasteiger partial charge in [-0.3, -0.25) is 0 Å². The number of carboxylic acids is 2. The molecule has 0 spiro atoms. The van der Waals surface area contributed by atoms with E-state index in [0.717, 1.165) is 6.42 Å². The highest BCUT2D eigenvalue weighted by molar-refractivity contribution is 6.92. The van der Waals surface area contributed by atoms with E-state index in [9.17, 15) is 29.4 Å². The van der Waals surface area contributed by atoms with Crippen molar-refractivity contribution in [1.29, 1.82) is 0 Å². The van der Waals surface area contributed by atoms with Gasteiger partial charge in [0.25, 0.3) is 0 Å². The maximum absolute atomic E-state index is 12.1. The molecule has 0 heterocycles. The average Bonchev–Trinajstić information content (AvgIpc) is 2.80. The number of aliphatic carboxylic acids is 2. The summed E-state index contributed by atoms with van der Waals surface area (Å²) in [4.78, 5) is 47.3. The third-order valence-corrected chi connectivity index (χ3v) is 14.0. The third-order valence-electron chi connectivity index (χ3n) is 5.83. The smallest absolute Gasteiger partial charge is 0.333 e. The Hall–Kier alpha value is -2.77. The Morgan fingerprint density at radius 3 is 1.62 bits per heavy atom. The van der Waals surface area contributed by atoms with Crippen LogP contribution >= 0.6 is 0 Å². The maximum atomic E-state index is 12.1. The summed E-state index contributed by atoms with van der Waals surface area (Å²) in [5.74, 6) is -3.38. The number of unbranched alkanes of at least 4 members (excludes halogenated alkanes) is 2. The Morgan fingerprint density at radius 1 is 0.769 bits per heavy atom. The first-order valence-corrected chi connectivity index (χ1v) is 18.6. The summed E-state index contributed by atoms with van der Waals surface area (Å²) in [7, 11) is -5.67. The number of carbonyl (C=O) groups is 4. The first-order valence-electron chi connectivity index (χ1n) is 13.2. The lowest BCUT2D eigenvalue weighted by molar-refractivity contribution is -0.139. The van der Waals surface area contributed by atoms with Gasteiger partial charge in [0.05, 0.1) is 13.2 Å². The monoisotopic (exact) mass is 582 g/mol. The zero-order valence-corrected chi connectivity index (χ0v) is 26.6. The summed E-state index contributed by atoms with van der Waals surface area (Å²) < 4.78 is 17.2. The summed E-state index contributed by atoms with van der Waals surface area (Å²) in [6.45, 7) is 19.8. The fourth-order valence-electron chi connectivity index (χ4n) is 3.76. The van der Waals surface area contributed by atoms with E-state index in [4.69, 9.17) is 13.6 Å².